The number of esters is 1. The second-order valence-corrected chi connectivity index (χ2v) is 9.38. The van der Waals surface area contributed by atoms with Gasteiger partial charge >= 0.3 is 5.97 Å². The normalized spacial score (nSPS) is 42.2. The molecule has 1 saturated heterocycles. The van der Waals surface area contributed by atoms with Crippen LogP contribution in [0.15, 0.2) is 42.7 Å². The quantitative estimate of drug-likeness (QED) is 0.173. The summed E-state index contributed by atoms with van der Waals surface area (Å²) in [6, 6.07) is 6.07. The fraction of sp³-hybridized carbons (Fsp3) is 0.542. The Labute approximate surface area is 206 Å². The van der Waals surface area contributed by atoms with E-state index < -0.39 is 72.8 Å². The molecule has 0 aromatic heterocycles. The predicted molar refractivity (Wildman–Crippen MR) is 120 cm³/mol. The lowest BCUT2D eigenvalue weighted by atomic mass is 9.81. The summed E-state index contributed by atoms with van der Waals surface area (Å²) in [7, 11) is 0. The van der Waals surface area contributed by atoms with Crippen LogP contribution in [0.5, 0.6) is 5.75 Å². The first-order chi connectivity index (χ1) is 17.0. The minimum Gasteiger partial charge on any atom is -0.508 e. The van der Waals surface area contributed by atoms with Gasteiger partial charge in [-0.15, -0.1) is 0 Å². The zero-order valence-electron chi connectivity index (χ0n) is 19.3. The summed E-state index contributed by atoms with van der Waals surface area (Å²) in [5, 5.41) is 71.1. The molecule has 1 aromatic rings. The van der Waals surface area contributed by atoms with Crippen molar-refractivity contribution in [3.63, 3.8) is 0 Å². The molecule has 4 rings (SSSR count). The molecule has 0 bridgehead atoms. The van der Waals surface area contributed by atoms with Gasteiger partial charge in [-0.1, -0.05) is 12.1 Å². The van der Waals surface area contributed by atoms with Crippen LogP contribution in [-0.2, 0) is 23.7 Å². The van der Waals surface area contributed by atoms with Crippen LogP contribution in [0.25, 0.3) is 6.08 Å². The largest absolute Gasteiger partial charge is 0.508 e. The zero-order valence-corrected chi connectivity index (χ0v) is 19.3. The van der Waals surface area contributed by atoms with E-state index in [0.29, 0.717) is 5.56 Å². The van der Waals surface area contributed by atoms with E-state index >= 15 is 0 Å². The molecule has 2 heterocycles. The Kier molecular flexibility index (Phi) is 7.42. The lowest BCUT2D eigenvalue weighted by molar-refractivity contribution is -0.351. The van der Waals surface area contributed by atoms with E-state index in [0.717, 1.165) is 12.3 Å². The number of hydrogen-bond acceptors (Lipinski definition) is 12. The smallest absolute Gasteiger partial charge is 0.331 e. The number of aliphatic hydroxyl groups is 6. The monoisotopic (exact) mass is 510 g/mol. The number of benzene rings is 1. The number of aliphatic hydroxyl groups excluding tert-OH is 5. The Morgan fingerprint density at radius 2 is 1.81 bits per heavy atom. The van der Waals surface area contributed by atoms with Crippen molar-refractivity contribution in [2.75, 3.05) is 6.61 Å². The van der Waals surface area contributed by atoms with Gasteiger partial charge in [-0.3, -0.25) is 0 Å². The van der Waals surface area contributed by atoms with E-state index in [1.165, 1.54) is 31.2 Å². The molecule has 12 nitrogen and oxygen atoms in total. The molecule has 1 aromatic carbocycles. The van der Waals surface area contributed by atoms with E-state index in [4.69, 9.17) is 18.9 Å². The number of hydrogen-bond donors (Lipinski definition) is 7. The van der Waals surface area contributed by atoms with E-state index in [2.05, 4.69) is 0 Å². The first-order valence-corrected chi connectivity index (χ1v) is 11.4. The Hall–Kier alpha value is -2.55. The van der Waals surface area contributed by atoms with Gasteiger partial charge in [0.25, 0.3) is 0 Å². The van der Waals surface area contributed by atoms with Crippen LogP contribution in [0.3, 0.4) is 0 Å². The highest BCUT2D eigenvalue weighted by atomic mass is 16.8. The highest BCUT2D eigenvalue weighted by Crippen LogP contribution is 2.51. The Morgan fingerprint density at radius 1 is 1.11 bits per heavy atom. The summed E-state index contributed by atoms with van der Waals surface area (Å²) >= 11 is 0. The first-order valence-electron chi connectivity index (χ1n) is 11.4. The van der Waals surface area contributed by atoms with Crippen LogP contribution in [-0.4, -0.2) is 103 Å². The number of carbonyl (C=O) groups excluding carboxylic acids is 1. The van der Waals surface area contributed by atoms with Gasteiger partial charge in [0.05, 0.1) is 24.9 Å². The molecule has 198 valence electrons. The molecular weight excluding hydrogens is 480 g/mol. The molecular formula is C24H30O12. The van der Waals surface area contributed by atoms with Gasteiger partial charge in [0.15, 0.2) is 6.29 Å². The fourth-order valence-corrected chi connectivity index (χ4v) is 4.94. The summed E-state index contributed by atoms with van der Waals surface area (Å²) in [5.41, 5.74) is -2.84. The van der Waals surface area contributed by atoms with Crippen molar-refractivity contribution in [1.29, 1.82) is 0 Å². The van der Waals surface area contributed by atoms with Gasteiger partial charge in [0.2, 0.25) is 6.29 Å². The van der Waals surface area contributed by atoms with Crippen molar-refractivity contribution in [3.05, 3.63) is 48.2 Å². The van der Waals surface area contributed by atoms with Gasteiger partial charge in [-0.05, 0) is 36.8 Å². The second-order valence-electron chi connectivity index (χ2n) is 9.38. The average molecular weight is 510 g/mol. The van der Waals surface area contributed by atoms with Crippen LogP contribution in [0.1, 0.15) is 18.9 Å². The standard InChI is InChI=1S/C24H30O12/c1-23(36-16(28)7-4-12-2-5-13(26)6-3-12)10-15(27)24(32)8-9-33-22(20(23)24)35-21-19(31)18(30)17(29)14(11-25)34-21/h2-9,14-15,17-22,25-27,29-32H,10-11H2,1H3/b7-4-/t14-,15+,17+,18-,19+,20+,21-,22-,23-,24+/m0/s1. The summed E-state index contributed by atoms with van der Waals surface area (Å²) in [6.45, 7) is 0.808. The third-order valence-corrected chi connectivity index (χ3v) is 6.86. The highest BCUT2D eigenvalue weighted by Gasteiger charge is 2.66. The Balaban J connectivity index is 1.54. The molecule has 0 radical (unpaired) electrons. The fourth-order valence-electron chi connectivity index (χ4n) is 4.94. The molecule has 0 unspecified atom stereocenters. The van der Waals surface area contributed by atoms with E-state index in [9.17, 15) is 40.5 Å². The minimum absolute atomic E-state index is 0.0669. The number of phenolic OH excluding ortho intramolecular Hbond substituents is 1. The number of carbonyl (C=O) groups is 1. The zero-order chi connectivity index (χ0) is 26.3. The van der Waals surface area contributed by atoms with Gasteiger partial charge in [-0.25, -0.2) is 4.79 Å². The number of fused-ring (bicyclic) bond motifs is 1. The van der Waals surface area contributed by atoms with Crippen molar-refractivity contribution in [1.82, 2.24) is 0 Å². The second kappa shape index (κ2) is 10.1. The average Bonchev–Trinajstić information content (AvgIpc) is 3.04. The molecule has 36 heavy (non-hydrogen) atoms. The van der Waals surface area contributed by atoms with Gasteiger partial charge in [0.1, 0.15) is 41.4 Å². The van der Waals surface area contributed by atoms with E-state index in [-0.39, 0.29) is 12.2 Å². The van der Waals surface area contributed by atoms with Crippen LogP contribution >= 0.6 is 0 Å². The van der Waals surface area contributed by atoms with E-state index in [1.807, 2.05) is 0 Å². The third-order valence-electron chi connectivity index (χ3n) is 6.86. The van der Waals surface area contributed by atoms with Crippen LogP contribution in [0.4, 0.5) is 0 Å². The molecule has 0 spiro atoms. The highest BCUT2D eigenvalue weighted by molar-refractivity contribution is 5.87. The van der Waals surface area contributed by atoms with Crippen molar-refractivity contribution >= 4 is 12.0 Å². The van der Waals surface area contributed by atoms with Crippen molar-refractivity contribution in [3.8, 4) is 5.75 Å². The number of rotatable bonds is 6. The number of phenols is 1. The molecule has 2 aliphatic heterocycles. The van der Waals surface area contributed by atoms with Crippen molar-refractivity contribution in [2.45, 2.75) is 67.6 Å². The van der Waals surface area contributed by atoms with Gasteiger partial charge < -0.3 is 54.7 Å². The maximum atomic E-state index is 12.7. The Morgan fingerprint density at radius 3 is 2.47 bits per heavy atom. The first kappa shape index (κ1) is 26.5. The molecule has 12 heteroatoms. The molecule has 1 saturated carbocycles. The summed E-state index contributed by atoms with van der Waals surface area (Å²) in [6.07, 6.45) is -5.96. The summed E-state index contributed by atoms with van der Waals surface area (Å²) in [5.74, 6) is -1.93. The number of aromatic hydroxyl groups is 1. The van der Waals surface area contributed by atoms with Gasteiger partial charge in [-0.2, -0.15) is 0 Å². The maximum Gasteiger partial charge on any atom is 0.331 e. The lowest BCUT2D eigenvalue weighted by Gasteiger charge is -2.45. The van der Waals surface area contributed by atoms with Crippen molar-refractivity contribution in [2.24, 2.45) is 5.92 Å². The molecule has 10 atom stereocenters. The van der Waals surface area contributed by atoms with Crippen molar-refractivity contribution < 1.29 is 59.5 Å². The molecule has 7 N–H and O–H groups in total. The third kappa shape index (κ3) is 4.86. The predicted octanol–water partition coefficient (Wildman–Crippen LogP) is -1.49. The molecule has 3 aliphatic rings. The number of ether oxygens (including phenoxy) is 4. The minimum atomic E-state index is -1.94. The van der Waals surface area contributed by atoms with E-state index in [1.54, 1.807) is 12.1 Å². The SMILES string of the molecule is C[C@]1(OC(=O)/C=C\c2ccc(O)cc2)C[C@@H](O)[C@]2(O)C=CO[C@@H](O[C@@H]3O[C@@H](CO)[C@@H](O)[C@H](O)[C@H]3O)[C@@H]21. The van der Waals surface area contributed by atoms with Gasteiger partial charge in [0, 0.05) is 12.5 Å². The maximum absolute atomic E-state index is 12.7. The summed E-state index contributed by atoms with van der Waals surface area (Å²) < 4.78 is 22.2. The Bertz CT molecular complexity index is 993. The molecule has 2 fully saturated rings. The molecule has 1 aliphatic carbocycles. The van der Waals surface area contributed by atoms with Crippen LogP contribution < -0.4 is 0 Å². The summed E-state index contributed by atoms with van der Waals surface area (Å²) in [4.78, 5) is 12.7. The topological polar surface area (TPSA) is 196 Å². The van der Waals surface area contributed by atoms with Crippen LogP contribution in [0.2, 0.25) is 0 Å². The van der Waals surface area contributed by atoms with Crippen LogP contribution in [0, 0.1) is 5.92 Å². The lowest BCUT2D eigenvalue weighted by Crippen LogP contribution is -2.62. The molecule has 0 amide bonds.